The Morgan fingerprint density at radius 3 is 2.36 bits per heavy atom. The first kappa shape index (κ1) is 21.3. The predicted octanol–water partition coefficient (Wildman–Crippen LogP) is 3.66. The van der Waals surface area contributed by atoms with Crippen molar-refractivity contribution in [2.45, 2.75) is 18.6 Å². The molecule has 0 aliphatic heterocycles. The van der Waals surface area contributed by atoms with Gasteiger partial charge < -0.3 is 10.1 Å². The van der Waals surface area contributed by atoms with Gasteiger partial charge in [0.2, 0.25) is 0 Å². The fourth-order valence-electron chi connectivity index (χ4n) is 2.49. The number of methoxy groups -OCH3 is 1. The maximum atomic E-state index is 13.2. The predicted molar refractivity (Wildman–Crippen MR) is 98.9 cm³/mol. The van der Waals surface area contributed by atoms with E-state index < -0.39 is 28.7 Å². The van der Waals surface area contributed by atoms with Crippen molar-refractivity contribution >= 4 is 28.9 Å². The van der Waals surface area contributed by atoms with Crippen molar-refractivity contribution in [1.82, 2.24) is 5.32 Å². The van der Waals surface area contributed by atoms with Crippen LogP contribution in [0.2, 0.25) is 0 Å². The molecule has 0 saturated heterocycles. The second kappa shape index (κ2) is 8.79. The molecule has 6 nitrogen and oxygen atoms in total. The van der Waals surface area contributed by atoms with Crippen LogP contribution in [0.1, 0.15) is 16.7 Å². The monoisotopic (exact) mass is 412 g/mol. The Morgan fingerprint density at radius 1 is 1.21 bits per heavy atom. The van der Waals surface area contributed by atoms with Crippen molar-refractivity contribution in [3.63, 3.8) is 0 Å². The smallest absolute Gasteiger partial charge is 0.417 e. The molecule has 0 bridgehead atoms. The summed E-state index contributed by atoms with van der Waals surface area (Å²) in [5.41, 5.74) is -0.768. The minimum atomic E-state index is -4.61. The van der Waals surface area contributed by atoms with E-state index in [9.17, 15) is 28.1 Å². The normalized spacial score (nSPS) is 12.1. The van der Waals surface area contributed by atoms with Crippen LogP contribution in [0.15, 0.2) is 48.5 Å². The van der Waals surface area contributed by atoms with E-state index in [1.807, 2.05) is 0 Å². The highest BCUT2D eigenvalue weighted by atomic mass is 32.1. The molecule has 0 unspecified atom stereocenters. The third-order valence-electron chi connectivity index (χ3n) is 3.86. The number of nitro benzene ring substituents is 1. The lowest BCUT2D eigenvalue weighted by atomic mass is 10.0. The van der Waals surface area contributed by atoms with Gasteiger partial charge >= 0.3 is 12.1 Å². The molecule has 0 aliphatic rings. The van der Waals surface area contributed by atoms with Crippen molar-refractivity contribution in [3.8, 4) is 0 Å². The summed E-state index contributed by atoms with van der Waals surface area (Å²) in [5.74, 6) is -0.731. The number of nitrogens with zero attached hydrogens (tertiary/aromatic N) is 1. The number of ether oxygens (including phenoxy) is 1. The van der Waals surface area contributed by atoms with Gasteiger partial charge in [-0.2, -0.15) is 13.2 Å². The van der Waals surface area contributed by atoms with Crippen molar-refractivity contribution < 1.29 is 27.6 Å². The number of alkyl halides is 3. The molecule has 2 aromatic rings. The Kier molecular flexibility index (Phi) is 6.68. The number of non-ortho nitro benzene ring substituents is 1. The first-order valence-corrected chi connectivity index (χ1v) is 8.32. The molecule has 0 aliphatic carbocycles. The Bertz CT molecular complexity index is 885. The number of thiocarbonyl (C=S) groups is 1. The van der Waals surface area contributed by atoms with Crippen LogP contribution in [0.4, 0.5) is 18.9 Å². The zero-order valence-corrected chi connectivity index (χ0v) is 15.3. The first-order valence-electron chi connectivity index (χ1n) is 7.91. The van der Waals surface area contributed by atoms with E-state index in [0.29, 0.717) is 5.56 Å². The van der Waals surface area contributed by atoms with Crippen molar-refractivity contribution in [2.24, 2.45) is 0 Å². The lowest BCUT2D eigenvalue weighted by Gasteiger charge is -2.20. The minimum absolute atomic E-state index is 0.0129. The summed E-state index contributed by atoms with van der Waals surface area (Å²) in [6, 6.07) is 9.10. The van der Waals surface area contributed by atoms with Crippen LogP contribution < -0.4 is 5.32 Å². The van der Waals surface area contributed by atoms with Crippen LogP contribution in [0.3, 0.4) is 0 Å². The van der Waals surface area contributed by atoms with E-state index in [4.69, 9.17) is 12.2 Å². The van der Waals surface area contributed by atoms with E-state index >= 15 is 0 Å². The number of hydrogen-bond donors (Lipinski definition) is 1. The third kappa shape index (κ3) is 5.26. The van der Waals surface area contributed by atoms with Gasteiger partial charge in [-0.05, 0) is 11.6 Å². The number of rotatable bonds is 6. The SMILES string of the molecule is COC(=O)[C@H](Cc1ccc([N+](=O)[O-])cc1)NC(=S)c1ccccc1C(F)(F)F. The van der Waals surface area contributed by atoms with Gasteiger partial charge in [0.15, 0.2) is 0 Å². The lowest BCUT2D eigenvalue weighted by Crippen LogP contribution is -2.43. The zero-order valence-electron chi connectivity index (χ0n) is 14.5. The average molecular weight is 412 g/mol. The van der Waals surface area contributed by atoms with Crippen LogP contribution in [0.25, 0.3) is 0 Å². The third-order valence-corrected chi connectivity index (χ3v) is 4.19. The van der Waals surface area contributed by atoms with E-state index in [2.05, 4.69) is 10.1 Å². The second-order valence-corrected chi connectivity index (χ2v) is 6.13. The van der Waals surface area contributed by atoms with Crippen LogP contribution in [-0.2, 0) is 22.1 Å². The summed E-state index contributed by atoms with van der Waals surface area (Å²) in [5, 5.41) is 13.3. The van der Waals surface area contributed by atoms with Crippen LogP contribution >= 0.6 is 12.2 Å². The molecule has 148 valence electrons. The van der Waals surface area contributed by atoms with Gasteiger partial charge in [0.05, 0.1) is 17.6 Å². The Balaban J connectivity index is 2.24. The van der Waals surface area contributed by atoms with E-state index in [1.54, 1.807) is 0 Å². The van der Waals surface area contributed by atoms with Crippen molar-refractivity contribution in [1.29, 1.82) is 0 Å². The lowest BCUT2D eigenvalue weighted by molar-refractivity contribution is -0.384. The molecular formula is C18H15F3N2O4S. The highest BCUT2D eigenvalue weighted by Crippen LogP contribution is 2.32. The summed E-state index contributed by atoms with van der Waals surface area (Å²) in [6.45, 7) is 0. The van der Waals surface area contributed by atoms with Crippen molar-refractivity contribution in [3.05, 3.63) is 75.3 Å². The molecule has 0 aromatic heterocycles. The fourth-order valence-corrected chi connectivity index (χ4v) is 2.81. The van der Waals surface area contributed by atoms with Gasteiger partial charge in [0.1, 0.15) is 11.0 Å². The largest absolute Gasteiger partial charge is 0.467 e. The number of carbonyl (C=O) groups excluding carboxylic acids is 1. The summed E-state index contributed by atoms with van der Waals surface area (Å²) < 4.78 is 44.2. The highest BCUT2D eigenvalue weighted by Gasteiger charge is 2.34. The van der Waals surface area contributed by atoms with E-state index in [-0.39, 0.29) is 22.7 Å². The molecule has 1 N–H and O–H groups in total. The Labute approximate surface area is 163 Å². The molecule has 0 amide bonds. The van der Waals surface area contributed by atoms with Crippen LogP contribution in [0.5, 0.6) is 0 Å². The van der Waals surface area contributed by atoms with Gasteiger partial charge in [-0.1, -0.05) is 42.5 Å². The molecule has 0 radical (unpaired) electrons. The summed E-state index contributed by atoms with van der Waals surface area (Å²) in [6.07, 6.45) is -4.60. The number of benzene rings is 2. The second-order valence-electron chi connectivity index (χ2n) is 5.72. The molecule has 0 spiro atoms. The van der Waals surface area contributed by atoms with Crippen molar-refractivity contribution in [2.75, 3.05) is 7.11 Å². The maximum absolute atomic E-state index is 13.2. The fraction of sp³-hybridized carbons (Fsp3) is 0.222. The summed E-state index contributed by atoms with van der Waals surface area (Å²) in [7, 11) is 1.14. The molecule has 1 atom stereocenters. The van der Waals surface area contributed by atoms with Gasteiger partial charge in [0, 0.05) is 24.1 Å². The molecule has 2 aromatic carbocycles. The number of nitrogens with one attached hydrogen (secondary N) is 1. The maximum Gasteiger partial charge on any atom is 0.417 e. The molecule has 2 rings (SSSR count). The van der Waals surface area contributed by atoms with Crippen LogP contribution in [-0.4, -0.2) is 29.0 Å². The number of halogens is 3. The molecule has 0 fully saturated rings. The first-order chi connectivity index (χ1) is 13.1. The number of nitro groups is 1. The Hall–Kier alpha value is -3.01. The molecule has 10 heteroatoms. The van der Waals surface area contributed by atoms with Crippen LogP contribution in [0, 0.1) is 10.1 Å². The van der Waals surface area contributed by atoms with Gasteiger partial charge in [0.25, 0.3) is 5.69 Å². The number of hydrogen-bond acceptors (Lipinski definition) is 5. The van der Waals surface area contributed by atoms with Gasteiger partial charge in [-0.15, -0.1) is 0 Å². The topological polar surface area (TPSA) is 81.5 Å². The Morgan fingerprint density at radius 2 is 1.82 bits per heavy atom. The molecule has 0 heterocycles. The quantitative estimate of drug-likeness (QED) is 0.338. The zero-order chi connectivity index (χ0) is 20.9. The highest BCUT2D eigenvalue weighted by molar-refractivity contribution is 7.80. The molecule has 0 saturated carbocycles. The van der Waals surface area contributed by atoms with E-state index in [1.165, 1.54) is 42.5 Å². The summed E-state index contributed by atoms with van der Waals surface area (Å²) in [4.78, 5) is 22.0. The van der Waals surface area contributed by atoms with Gasteiger partial charge in [-0.3, -0.25) is 10.1 Å². The standard InChI is InChI=1S/C18H15F3N2O4S/c1-27-17(24)15(10-11-6-8-12(9-7-11)23(25)26)22-16(28)13-4-2-3-5-14(13)18(19,20)21/h2-9,15H,10H2,1H3,(H,22,28)/t15-/m0/s1. The van der Waals surface area contributed by atoms with E-state index in [0.717, 1.165) is 13.2 Å². The number of esters is 1. The minimum Gasteiger partial charge on any atom is -0.467 e. The van der Waals surface area contributed by atoms with Gasteiger partial charge in [-0.25, -0.2) is 4.79 Å². The summed E-state index contributed by atoms with van der Waals surface area (Å²) >= 11 is 5.08. The number of carbonyl (C=O) groups is 1. The molecular weight excluding hydrogens is 397 g/mol. The molecule has 28 heavy (non-hydrogen) atoms. The average Bonchev–Trinajstić information content (AvgIpc) is 2.66.